The number of benzene rings is 2. The Hall–Kier alpha value is -2.91. The van der Waals surface area contributed by atoms with Gasteiger partial charge in [-0.05, 0) is 59.9 Å². The molecule has 0 spiro atoms. The molecule has 2 aromatic rings. The van der Waals surface area contributed by atoms with Gasteiger partial charge < -0.3 is 15.1 Å². The minimum absolute atomic E-state index is 0.0394. The molecule has 0 radical (unpaired) electrons. The summed E-state index contributed by atoms with van der Waals surface area (Å²) >= 11 is 5.86. The van der Waals surface area contributed by atoms with Crippen molar-refractivity contribution in [1.29, 1.82) is 0 Å². The van der Waals surface area contributed by atoms with Crippen LogP contribution < -0.4 is 9.62 Å². The molecular weight excluding hydrogens is 476 g/mol. The Bertz CT molecular complexity index is 1270. The number of aliphatic hydroxyl groups is 2. The van der Waals surface area contributed by atoms with E-state index in [9.17, 15) is 23.4 Å². The average molecular weight is 501 g/mol. The van der Waals surface area contributed by atoms with Crippen molar-refractivity contribution in [1.82, 2.24) is 4.72 Å². The predicted octanol–water partition coefficient (Wildman–Crippen LogP) is 3.35. The summed E-state index contributed by atoms with van der Waals surface area (Å²) in [6.45, 7) is 0. The highest BCUT2D eigenvalue weighted by Gasteiger charge is 2.27. The van der Waals surface area contributed by atoms with Crippen molar-refractivity contribution in [2.75, 3.05) is 11.9 Å². The fourth-order valence-electron chi connectivity index (χ4n) is 4.15. The zero-order valence-electron chi connectivity index (χ0n) is 18.5. The molecule has 178 valence electrons. The fourth-order valence-corrected chi connectivity index (χ4v) is 5.65. The van der Waals surface area contributed by atoms with E-state index in [0.29, 0.717) is 24.1 Å². The van der Waals surface area contributed by atoms with Crippen molar-refractivity contribution in [3.05, 3.63) is 95.3 Å². The third kappa shape index (κ3) is 5.59. The van der Waals surface area contributed by atoms with Crippen LogP contribution in [0.25, 0.3) is 0 Å². The molecule has 2 aliphatic rings. The molecule has 0 saturated heterocycles. The van der Waals surface area contributed by atoms with Crippen LogP contribution in [-0.2, 0) is 27.7 Å². The highest BCUT2D eigenvalue weighted by molar-refractivity contribution is 7.89. The molecule has 34 heavy (non-hydrogen) atoms. The van der Waals surface area contributed by atoms with Crippen LogP contribution in [0, 0.1) is 0 Å². The highest BCUT2D eigenvalue weighted by Crippen LogP contribution is 2.30. The molecule has 1 unspecified atom stereocenters. The van der Waals surface area contributed by atoms with Gasteiger partial charge >= 0.3 is 0 Å². The molecule has 0 aliphatic heterocycles. The third-order valence-electron chi connectivity index (χ3n) is 5.83. The second-order valence-electron chi connectivity index (χ2n) is 8.50. The Balaban J connectivity index is 1.40. The summed E-state index contributed by atoms with van der Waals surface area (Å²) in [7, 11) is -2.14. The van der Waals surface area contributed by atoms with E-state index in [1.54, 1.807) is 19.2 Å². The van der Waals surface area contributed by atoms with E-state index in [2.05, 4.69) is 4.72 Å². The first-order valence-corrected chi connectivity index (χ1v) is 12.6. The van der Waals surface area contributed by atoms with Crippen molar-refractivity contribution >= 4 is 33.2 Å². The molecule has 0 bridgehead atoms. The van der Waals surface area contributed by atoms with Gasteiger partial charge in [-0.15, -0.1) is 0 Å². The van der Waals surface area contributed by atoms with Crippen LogP contribution in [0.2, 0.25) is 0 Å². The van der Waals surface area contributed by atoms with E-state index in [-0.39, 0.29) is 29.0 Å². The fraction of sp³-hybridized carbons (Fsp3) is 0.240. The normalized spacial score (nSPS) is 20.7. The summed E-state index contributed by atoms with van der Waals surface area (Å²) in [6, 6.07) is 13.8. The monoisotopic (exact) mass is 500 g/mol. The van der Waals surface area contributed by atoms with E-state index in [1.807, 2.05) is 24.3 Å². The van der Waals surface area contributed by atoms with Gasteiger partial charge in [0.1, 0.15) is 5.76 Å². The van der Waals surface area contributed by atoms with Crippen LogP contribution in [-0.4, -0.2) is 42.7 Å². The lowest BCUT2D eigenvalue weighted by Gasteiger charge is -2.21. The number of aliphatic hydroxyl groups excluding tert-OH is 1. The number of likely N-dealkylation sites (N-methyl/N-ethyl adjacent to an activating group) is 1. The molecule has 1 atom stereocenters. The number of anilines is 1. The molecule has 3 N–H and O–H groups in total. The minimum Gasteiger partial charge on any atom is -0.508 e. The summed E-state index contributed by atoms with van der Waals surface area (Å²) in [5, 5.41) is 17.8. The number of alkyl halides is 1. The Morgan fingerprint density at radius 1 is 1.15 bits per heavy atom. The van der Waals surface area contributed by atoms with E-state index >= 15 is 0 Å². The lowest BCUT2D eigenvalue weighted by molar-refractivity contribution is -0.113. The van der Waals surface area contributed by atoms with Gasteiger partial charge in [-0.1, -0.05) is 41.9 Å². The minimum atomic E-state index is -3.71. The molecule has 2 aliphatic carbocycles. The molecule has 0 heterocycles. The van der Waals surface area contributed by atoms with Gasteiger partial charge in [0.2, 0.25) is 10.0 Å². The number of nitrogens with one attached hydrogen (secondary N) is 1. The number of sulfonamides is 1. The number of hydrogen-bond acceptors (Lipinski definition) is 5. The first kappa shape index (κ1) is 24.2. The van der Waals surface area contributed by atoms with E-state index in [4.69, 9.17) is 11.6 Å². The second-order valence-corrected chi connectivity index (χ2v) is 10.9. The number of carbonyl (C=O) groups is 1. The second kappa shape index (κ2) is 9.38. The Morgan fingerprint density at radius 3 is 2.35 bits per heavy atom. The van der Waals surface area contributed by atoms with Gasteiger partial charge in [-0.25, -0.2) is 13.1 Å². The molecule has 2 aromatic carbocycles. The first-order valence-electron chi connectivity index (χ1n) is 10.7. The van der Waals surface area contributed by atoms with Crippen LogP contribution in [0.5, 0.6) is 0 Å². The zero-order chi connectivity index (χ0) is 24.5. The number of allylic oxidation sites excluding steroid dienone is 2. The average Bonchev–Trinajstić information content (AvgIpc) is 3.17. The molecule has 0 saturated carbocycles. The Morgan fingerprint density at radius 2 is 1.76 bits per heavy atom. The van der Waals surface area contributed by atoms with Crippen LogP contribution in [0.1, 0.15) is 17.5 Å². The molecular formula is C25H25ClN2O5S. The number of halogens is 1. The summed E-state index contributed by atoms with van der Waals surface area (Å²) in [4.78, 5) is 14.0. The molecule has 7 nitrogen and oxygen atoms in total. The number of carbonyl (C=O) groups excluding carboxylic acids is 1. The van der Waals surface area contributed by atoms with Crippen molar-refractivity contribution in [3.8, 4) is 0 Å². The highest BCUT2D eigenvalue weighted by atomic mass is 35.5. The van der Waals surface area contributed by atoms with Crippen LogP contribution in [0.3, 0.4) is 0 Å². The van der Waals surface area contributed by atoms with Crippen molar-refractivity contribution in [3.63, 3.8) is 0 Å². The lowest BCUT2D eigenvalue weighted by atomic mass is 10.0. The maximum absolute atomic E-state index is 12.8. The summed E-state index contributed by atoms with van der Waals surface area (Å²) in [5.74, 6) is -0.554. The molecule has 0 aromatic heterocycles. The maximum Gasteiger partial charge on any atom is 0.250 e. The van der Waals surface area contributed by atoms with Gasteiger partial charge in [0.05, 0.1) is 4.90 Å². The third-order valence-corrected chi connectivity index (χ3v) is 7.61. The van der Waals surface area contributed by atoms with Crippen molar-refractivity contribution < 1.29 is 23.4 Å². The lowest BCUT2D eigenvalue weighted by Crippen LogP contribution is -2.35. The number of amides is 1. The molecule has 0 fully saturated rings. The number of nitrogens with zero attached hydrogens (tertiary/aromatic N) is 1. The maximum atomic E-state index is 12.8. The number of hydrogen-bond donors (Lipinski definition) is 3. The topological polar surface area (TPSA) is 107 Å². The van der Waals surface area contributed by atoms with Gasteiger partial charge in [-0.3, -0.25) is 4.79 Å². The van der Waals surface area contributed by atoms with Gasteiger partial charge in [0.25, 0.3) is 5.91 Å². The molecule has 1 amide bonds. The van der Waals surface area contributed by atoms with Gasteiger partial charge in [-0.2, -0.15) is 0 Å². The SMILES string of the molecule is CN(C(=O)C=CC1=CC(O)=CC(O)(Cl)C1)c1ccc(S(=O)(=O)NC2Cc3ccccc3C2)cc1. The summed E-state index contributed by atoms with van der Waals surface area (Å²) in [5.41, 5.74) is 3.31. The van der Waals surface area contributed by atoms with Gasteiger partial charge in [0.15, 0.2) is 5.06 Å². The van der Waals surface area contributed by atoms with Crippen LogP contribution in [0.4, 0.5) is 5.69 Å². The van der Waals surface area contributed by atoms with Crippen molar-refractivity contribution in [2.24, 2.45) is 0 Å². The number of fused-ring (bicyclic) bond motifs is 1. The smallest absolute Gasteiger partial charge is 0.250 e. The standard InChI is InChI=1S/C25H25ClN2O5S/c1-28(24(30)11-6-17-12-22(29)16-25(26,31)15-17)21-7-9-23(10-8-21)34(32,33)27-20-13-18-4-2-3-5-19(18)14-20/h2-12,16,20,27,29,31H,13-15H2,1H3. The van der Waals surface area contributed by atoms with Crippen LogP contribution in [0.15, 0.2) is 89.1 Å². The Labute approximate surface area is 203 Å². The van der Waals surface area contributed by atoms with E-state index < -0.39 is 15.1 Å². The van der Waals surface area contributed by atoms with Crippen LogP contribution >= 0.6 is 11.6 Å². The zero-order valence-corrected chi connectivity index (χ0v) is 20.1. The quantitative estimate of drug-likeness (QED) is 0.416. The Kier molecular flexibility index (Phi) is 6.69. The molecule has 4 rings (SSSR count). The van der Waals surface area contributed by atoms with E-state index in [0.717, 1.165) is 17.2 Å². The predicted molar refractivity (Wildman–Crippen MR) is 131 cm³/mol. The van der Waals surface area contributed by atoms with Crippen molar-refractivity contribution in [2.45, 2.75) is 35.3 Å². The van der Waals surface area contributed by atoms with Gasteiger partial charge in [0, 0.05) is 37.3 Å². The largest absolute Gasteiger partial charge is 0.508 e. The van der Waals surface area contributed by atoms with E-state index in [1.165, 1.54) is 35.3 Å². The summed E-state index contributed by atoms with van der Waals surface area (Å²) in [6.07, 6.45) is 6.65. The summed E-state index contributed by atoms with van der Waals surface area (Å²) < 4.78 is 28.5. The first-order chi connectivity index (χ1) is 16.0. The number of rotatable bonds is 6. The molecule has 9 heteroatoms.